The van der Waals surface area contributed by atoms with Crippen molar-refractivity contribution in [3.63, 3.8) is 0 Å². The van der Waals surface area contributed by atoms with Crippen LogP contribution in [0, 0.1) is 0 Å². The molecule has 712 valence electrons. The number of imide groups is 1. The maximum Gasteiger partial charge on any atom is 0.346 e. The maximum absolute atomic E-state index is 14.9. The van der Waals surface area contributed by atoms with Crippen LogP contribution in [0.1, 0.15) is 144 Å². The second-order valence-corrected chi connectivity index (χ2v) is 48.1. The van der Waals surface area contributed by atoms with Gasteiger partial charge in [0.2, 0.25) is 11.8 Å². The Morgan fingerprint density at radius 3 is 1.05 bits per heavy atom. The summed E-state index contributed by atoms with van der Waals surface area (Å²) in [5.74, 6) is -1.94. The van der Waals surface area contributed by atoms with Crippen molar-refractivity contribution in [2.45, 2.75) is 251 Å². The Bertz CT molecular complexity index is 3650. The van der Waals surface area contributed by atoms with Crippen molar-refractivity contribution in [2.75, 3.05) is 214 Å². The number of thioether (sulfide) groups is 2. The topological polar surface area (TPSA) is 342 Å². The highest BCUT2D eigenvalue weighted by atomic mass is 32.2. The molecule has 10 aliphatic rings. The lowest BCUT2D eigenvalue weighted by molar-refractivity contribution is -0.195. The second kappa shape index (κ2) is 50.5. The molecule has 0 aliphatic carbocycles. The summed E-state index contributed by atoms with van der Waals surface area (Å²) in [5, 5.41) is 3.46. The van der Waals surface area contributed by atoms with Crippen LogP contribution in [-0.4, -0.2) is 465 Å². The Balaban J connectivity index is 0.000000242. The van der Waals surface area contributed by atoms with E-state index in [-0.39, 0.29) is 143 Å². The van der Waals surface area contributed by atoms with Crippen molar-refractivity contribution in [1.82, 2.24) is 62.9 Å². The molecule has 0 spiro atoms. The fraction of sp³-hybridized carbons (Fsp3) is 0.911. The lowest BCUT2D eigenvalue weighted by Crippen LogP contribution is -2.56. The van der Waals surface area contributed by atoms with Crippen molar-refractivity contribution in [1.29, 1.82) is 0 Å². The molecule has 0 aromatic rings. The SMILES string of the molecule is CC(=O)SCC(=O)ON1C(=O)CCC1=O.[B]C1CN(C(C)(C)C)CC(COP(=O)(N2CCN(C(=O)CSC(C)=O)CC2)N2CC([B])OC(COC(C)(C)C)C2)O1.[B]C1CN(C(C)(C)C)CC(COP(=O)(N2CCNCC2)N2CC([B])OC(COC(C)(C)C)C2)O1.[B]C1CN(C(C)C)CC(COP(=O)(N2CCN(C(=O)CS)CC2)N2CC([B])OC(COC(C)(C)C)C2)O1. The van der Waals surface area contributed by atoms with Crippen molar-refractivity contribution >= 4 is 146 Å². The largest absolute Gasteiger partial charge is 0.380 e. The molecule has 10 saturated heterocycles. The van der Waals surface area contributed by atoms with E-state index < -0.39 is 82.9 Å². The summed E-state index contributed by atoms with van der Waals surface area (Å²) in [6.07, 6.45) is -1.88. The molecular weight excluding hydrogens is 1750 g/mol. The monoisotopic (exact) mass is 1900 g/mol. The number of hydrogen-bond donors (Lipinski definition) is 2. The average molecular weight is 1900 g/mol. The van der Waals surface area contributed by atoms with Gasteiger partial charge in [0.1, 0.15) is 52.8 Å². The first-order valence-corrected chi connectivity index (χ1v) is 51.3. The Labute approximate surface area is 777 Å². The fourth-order valence-corrected chi connectivity index (χ4v) is 23.6. The molecule has 0 saturated carbocycles. The molecule has 127 heavy (non-hydrogen) atoms. The molecule has 15 unspecified atom stereocenters. The molecule has 1 N–H and O–H groups in total. The van der Waals surface area contributed by atoms with Gasteiger partial charge in [-0.05, 0) is 118 Å². The zero-order chi connectivity index (χ0) is 94.5. The summed E-state index contributed by atoms with van der Waals surface area (Å²) >= 11 is 5.87. The van der Waals surface area contributed by atoms with Gasteiger partial charge >= 0.3 is 29.0 Å². The van der Waals surface area contributed by atoms with E-state index in [2.05, 4.69) is 92.9 Å². The number of thiol groups is 1. The summed E-state index contributed by atoms with van der Waals surface area (Å²) in [7, 11) is 26.7. The minimum Gasteiger partial charge on any atom is -0.380 e. The highest BCUT2D eigenvalue weighted by Crippen LogP contribution is 2.59. The lowest BCUT2D eigenvalue weighted by atomic mass is 9.94. The standard InChI is InChI=1S/C26H47B2N4O7PS.C23H43B2N4O6PS.C22H43B2N4O5P.C8H9NO5S/c1-19(33)41-18-24(34)29-8-10-31(11-9-29)40(35,32-13-21(39-23(28)15-32)16-36-26(5,6)7)37-17-20-12-30(25(2,3)4)14-22(27)38-20;1-17(2)27-10-18(34-20(24)12-27)15-33-36(31,28-8-6-26(7-9-28)22(30)16-37)29-11-19(35-21(25)13-29)14-32-23(3,4)5;1-21(2,3)26-11-17(32-19(23)13-26)16-31-34(29,27-9-7-25-8-10-27)28-12-18(33-20(24)14-28)15-30-22(4,5)6;1-5(10)15-4-8(13)14-9-6(11)2-3-7(9)12/h20-23H,8-18H2,1-7H3;17-21,37H,6-16H2,1-5H3;17-20,25H,7-16H2,1-6H3;2-4H2,1H3. The first kappa shape index (κ1) is 112. The van der Waals surface area contributed by atoms with Gasteiger partial charge in [-0.3, -0.25) is 57.2 Å². The average Bonchev–Trinajstić information content (AvgIpc) is 1.12. The zero-order valence-corrected chi connectivity index (χ0v) is 83.8. The van der Waals surface area contributed by atoms with Gasteiger partial charge in [0.05, 0.1) is 105 Å². The molecule has 10 aliphatic heterocycles. The van der Waals surface area contributed by atoms with Gasteiger partial charge in [-0.25, -0.2) is 32.8 Å². The second-order valence-electron chi connectivity index (χ2n) is 38.4. The van der Waals surface area contributed by atoms with Crippen LogP contribution >= 0.6 is 59.2 Å². The number of hydrogen-bond acceptors (Lipinski definition) is 30. The van der Waals surface area contributed by atoms with Crippen LogP contribution in [0.5, 0.6) is 0 Å². The number of carbonyl (C=O) groups is 7. The fourth-order valence-electron chi connectivity index (χ4n) is 15.1. The smallest absolute Gasteiger partial charge is 0.346 e. The van der Waals surface area contributed by atoms with E-state index in [1.807, 2.05) is 81.0 Å². The Kier molecular flexibility index (Phi) is 44.6. The van der Waals surface area contributed by atoms with Crippen LogP contribution < -0.4 is 5.32 Å². The van der Waals surface area contributed by atoms with Crippen molar-refractivity contribution < 1.29 is 108 Å². The van der Waals surface area contributed by atoms with E-state index in [1.54, 1.807) is 19.1 Å². The third kappa shape index (κ3) is 37.2. The Morgan fingerprint density at radius 2 is 0.724 bits per heavy atom. The summed E-state index contributed by atoms with van der Waals surface area (Å²) in [6, 6.07) is -2.89. The first-order chi connectivity index (χ1) is 59.0. The van der Waals surface area contributed by atoms with Gasteiger partial charge < -0.3 is 76.2 Å². The summed E-state index contributed by atoms with van der Waals surface area (Å²) in [6.45, 7) is 50.6. The van der Waals surface area contributed by atoms with Crippen molar-refractivity contribution in [3.8, 4) is 0 Å². The van der Waals surface area contributed by atoms with E-state index >= 15 is 0 Å². The minimum absolute atomic E-state index is 0.0371. The number of carbonyl (C=O) groups excluding carboxylic acids is 7. The van der Waals surface area contributed by atoms with E-state index in [9.17, 15) is 47.3 Å². The minimum atomic E-state index is -3.63. The maximum atomic E-state index is 14.9. The molecular formula is C79H142B6N13O23P3S3. The van der Waals surface area contributed by atoms with Crippen molar-refractivity contribution in [3.05, 3.63) is 0 Å². The molecule has 10 rings (SSSR count). The summed E-state index contributed by atoms with van der Waals surface area (Å²) in [4.78, 5) is 94.4. The van der Waals surface area contributed by atoms with Gasteiger partial charge in [0.25, 0.3) is 11.8 Å². The van der Waals surface area contributed by atoms with Gasteiger partial charge in [0.15, 0.2) is 10.2 Å². The number of nitrogens with zero attached hydrogens (tertiary/aromatic N) is 12. The number of morpholine rings is 6. The lowest BCUT2D eigenvalue weighted by Gasteiger charge is -2.47. The zero-order valence-electron chi connectivity index (χ0n) is 78.6. The van der Waals surface area contributed by atoms with E-state index in [0.717, 1.165) is 36.6 Å². The Hall–Kier alpha value is -1.86. The predicted octanol–water partition coefficient (Wildman–Crippen LogP) is 3.23. The summed E-state index contributed by atoms with van der Waals surface area (Å²) in [5.41, 5.74) is -1.16. The van der Waals surface area contributed by atoms with Crippen LogP contribution in [0.3, 0.4) is 0 Å². The number of ether oxygens (including phenoxy) is 9. The highest BCUT2D eigenvalue weighted by molar-refractivity contribution is 8.14. The third-order valence-electron chi connectivity index (χ3n) is 21.7. The molecule has 10 heterocycles. The van der Waals surface area contributed by atoms with Gasteiger partial charge in [0, 0.05) is 237 Å². The highest BCUT2D eigenvalue weighted by Gasteiger charge is 2.50. The first-order valence-electron chi connectivity index (χ1n) is 44.1. The normalized spacial score (nSPS) is 29.2. The third-order valence-corrected chi connectivity index (χ3v) is 31.5. The number of hydroxylamine groups is 2. The molecule has 0 aromatic carbocycles. The molecule has 0 aromatic heterocycles. The molecule has 10 fully saturated rings. The predicted molar refractivity (Wildman–Crippen MR) is 496 cm³/mol. The van der Waals surface area contributed by atoms with Crippen LogP contribution in [0.2, 0.25) is 0 Å². The van der Waals surface area contributed by atoms with Gasteiger partial charge in [-0.2, -0.15) is 12.6 Å². The van der Waals surface area contributed by atoms with Crippen LogP contribution in [0.25, 0.3) is 0 Å². The molecule has 48 heteroatoms. The number of piperazine rings is 3. The quantitative estimate of drug-likeness (QED) is 0.0491. The molecule has 0 bridgehead atoms. The van der Waals surface area contributed by atoms with E-state index in [4.69, 9.17) is 103 Å². The van der Waals surface area contributed by atoms with Crippen LogP contribution in [0.15, 0.2) is 0 Å². The number of nitrogens with one attached hydrogen (secondary N) is 1. The Morgan fingerprint density at radius 1 is 0.417 bits per heavy atom. The number of amides is 4. The van der Waals surface area contributed by atoms with E-state index in [1.165, 1.54) is 13.8 Å². The van der Waals surface area contributed by atoms with Gasteiger partial charge in [-0.1, -0.05) is 23.5 Å². The molecule has 36 nitrogen and oxygen atoms in total. The molecule has 4 amide bonds. The summed E-state index contributed by atoms with van der Waals surface area (Å²) < 4.78 is 128. The van der Waals surface area contributed by atoms with E-state index in [0.29, 0.717) is 162 Å². The molecule has 15 atom stereocenters. The number of rotatable bonds is 28. The van der Waals surface area contributed by atoms with Crippen LogP contribution in [0.4, 0.5) is 0 Å². The van der Waals surface area contributed by atoms with Gasteiger partial charge in [-0.15, -0.1) is 5.06 Å². The molecule has 12 radical (unpaired) electrons. The van der Waals surface area contributed by atoms with Crippen LogP contribution in [-0.2, 0) is 108 Å². The van der Waals surface area contributed by atoms with Crippen molar-refractivity contribution in [2.24, 2.45) is 0 Å².